The number of hydrogen-bond donors (Lipinski definition) is 1. The van der Waals surface area contributed by atoms with E-state index in [-0.39, 0.29) is 24.1 Å². The number of nitrogens with zero attached hydrogens (tertiary/aromatic N) is 2. The van der Waals surface area contributed by atoms with Gasteiger partial charge in [-0.15, -0.1) is 11.3 Å². The molecule has 0 fully saturated rings. The minimum Gasteiger partial charge on any atom is -0.495 e. The summed E-state index contributed by atoms with van der Waals surface area (Å²) >= 11 is 7.08. The highest BCUT2D eigenvalue weighted by atomic mass is 35.5. The molecule has 2 aromatic heterocycles. The second kappa shape index (κ2) is 9.29. The zero-order valence-electron chi connectivity index (χ0n) is 14.8. The molecule has 0 saturated heterocycles. The van der Waals surface area contributed by atoms with Crippen molar-refractivity contribution < 1.29 is 19.1 Å². The first kappa shape index (κ1) is 19.8. The first-order chi connectivity index (χ1) is 13.5. The Kier molecular flexibility index (Phi) is 6.57. The molecule has 0 aliphatic carbocycles. The van der Waals surface area contributed by atoms with Gasteiger partial charge in [-0.25, -0.2) is 14.8 Å². The Morgan fingerprint density at radius 2 is 2.07 bits per heavy atom. The van der Waals surface area contributed by atoms with Crippen molar-refractivity contribution >= 4 is 40.5 Å². The third-order valence-electron chi connectivity index (χ3n) is 3.61. The highest BCUT2D eigenvalue weighted by molar-refractivity contribution is 7.09. The molecule has 28 heavy (non-hydrogen) atoms. The summed E-state index contributed by atoms with van der Waals surface area (Å²) in [6.45, 7) is 0.00338. The lowest BCUT2D eigenvalue weighted by atomic mass is 10.3. The fourth-order valence-corrected chi connectivity index (χ4v) is 3.28. The number of anilines is 1. The van der Waals surface area contributed by atoms with Gasteiger partial charge in [-0.1, -0.05) is 23.7 Å². The summed E-state index contributed by atoms with van der Waals surface area (Å²) in [5, 5.41) is 5.37. The largest absolute Gasteiger partial charge is 0.495 e. The van der Waals surface area contributed by atoms with Gasteiger partial charge in [-0.3, -0.25) is 4.79 Å². The molecule has 144 valence electrons. The molecule has 0 aliphatic heterocycles. The van der Waals surface area contributed by atoms with Gasteiger partial charge in [-0.05, 0) is 24.3 Å². The monoisotopic (exact) mass is 417 g/mol. The third-order valence-corrected chi connectivity index (χ3v) is 4.71. The molecule has 1 aromatic carbocycles. The number of esters is 1. The minimum absolute atomic E-state index is 0.00338. The number of thiazole rings is 1. The number of amides is 1. The summed E-state index contributed by atoms with van der Waals surface area (Å²) in [4.78, 5) is 32.4. The molecule has 0 saturated carbocycles. The van der Waals surface area contributed by atoms with Gasteiger partial charge in [0.05, 0.1) is 30.5 Å². The summed E-state index contributed by atoms with van der Waals surface area (Å²) in [5.41, 5.74) is 1.47. The maximum atomic E-state index is 12.2. The number of methoxy groups -OCH3 is 1. The van der Waals surface area contributed by atoms with E-state index in [0.717, 1.165) is 0 Å². The third kappa shape index (κ3) is 5.28. The molecule has 1 amide bonds. The second-order valence-electron chi connectivity index (χ2n) is 5.60. The summed E-state index contributed by atoms with van der Waals surface area (Å²) in [5.74, 6) is -0.152. The van der Waals surface area contributed by atoms with E-state index >= 15 is 0 Å². The lowest BCUT2D eigenvalue weighted by Gasteiger charge is -2.08. The molecule has 0 spiro atoms. The Hall–Kier alpha value is -2.97. The van der Waals surface area contributed by atoms with Crippen molar-refractivity contribution in [1.29, 1.82) is 0 Å². The van der Waals surface area contributed by atoms with Crippen molar-refractivity contribution in [3.63, 3.8) is 0 Å². The summed E-state index contributed by atoms with van der Waals surface area (Å²) < 4.78 is 10.4. The number of carbonyl (C=O) groups is 2. The molecule has 0 unspecified atom stereocenters. The molecular weight excluding hydrogens is 402 g/mol. The highest BCUT2D eigenvalue weighted by Gasteiger charge is 2.13. The fourth-order valence-electron chi connectivity index (χ4n) is 2.33. The average Bonchev–Trinajstić information content (AvgIpc) is 3.13. The number of nitrogens with one attached hydrogen (secondary N) is 1. The van der Waals surface area contributed by atoms with E-state index in [4.69, 9.17) is 21.1 Å². The fraction of sp³-hybridized carbons (Fsp3) is 0.158. The van der Waals surface area contributed by atoms with Crippen molar-refractivity contribution in [3.05, 3.63) is 69.4 Å². The van der Waals surface area contributed by atoms with Crippen LogP contribution in [0, 0.1) is 0 Å². The summed E-state index contributed by atoms with van der Waals surface area (Å²) in [7, 11) is 1.54. The van der Waals surface area contributed by atoms with Gasteiger partial charge in [0, 0.05) is 11.6 Å². The van der Waals surface area contributed by atoms with Gasteiger partial charge >= 0.3 is 5.97 Å². The molecule has 0 aliphatic rings. The summed E-state index contributed by atoms with van der Waals surface area (Å²) in [6, 6.07) is 10.1. The predicted molar refractivity (Wildman–Crippen MR) is 106 cm³/mol. The van der Waals surface area contributed by atoms with E-state index in [2.05, 4.69) is 15.3 Å². The van der Waals surface area contributed by atoms with E-state index in [9.17, 15) is 9.59 Å². The van der Waals surface area contributed by atoms with Crippen LogP contribution < -0.4 is 10.1 Å². The van der Waals surface area contributed by atoms with Crippen LogP contribution in [0.1, 0.15) is 21.1 Å². The lowest BCUT2D eigenvalue weighted by molar-refractivity contribution is -0.115. The first-order valence-corrected chi connectivity index (χ1v) is 9.45. The zero-order chi connectivity index (χ0) is 19.9. The summed E-state index contributed by atoms with van der Waals surface area (Å²) in [6.07, 6.45) is 1.54. The Morgan fingerprint density at radius 3 is 2.86 bits per heavy atom. The molecule has 0 atom stereocenters. The second-order valence-corrected chi connectivity index (χ2v) is 6.93. The Morgan fingerprint density at radius 1 is 1.25 bits per heavy atom. The molecule has 0 radical (unpaired) electrons. The van der Waals surface area contributed by atoms with Crippen LogP contribution in [-0.2, 0) is 22.6 Å². The normalized spacial score (nSPS) is 10.4. The van der Waals surface area contributed by atoms with Crippen LogP contribution in [-0.4, -0.2) is 29.0 Å². The number of halogens is 1. The van der Waals surface area contributed by atoms with Crippen molar-refractivity contribution in [1.82, 2.24) is 9.97 Å². The highest BCUT2D eigenvalue weighted by Crippen LogP contribution is 2.23. The number of rotatable bonds is 7. The molecule has 0 bridgehead atoms. The first-order valence-electron chi connectivity index (χ1n) is 8.20. The van der Waals surface area contributed by atoms with Crippen LogP contribution in [0.2, 0.25) is 5.15 Å². The van der Waals surface area contributed by atoms with Gasteiger partial charge in [0.25, 0.3) is 0 Å². The molecule has 7 nitrogen and oxygen atoms in total. The zero-order valence-corrected chi connectivity index (χ0v) is 16.4. The smallest absolute Gasteiger partial charge is 0.338 e. The number of pyridine rings is 1. The van der Waals surface area contributed by atoms with Crippen LogP contribution in [0.15, 0.2) is 48.0 Å². The van der Waals surface area contributed by atoms with Crippen LogP contribution in [0.4, 0.5) is 5.69 Å². The minimum atomic E-state index is -0.521. The molecule has 1 N–H and O–H groups in total. The maximum Gasteiger partial charge on any atom is 0.338 e. The van der Waals surface area contributed by atoms with Crippen LogP contribution in [0.5, 0.6) is 5.75 Å². The van der Waals surface area contributed by atoms with Crippen LogP contribution >= 0.6 is 22.9 Å². The van der Waals surface area contributed by atoms with Crippen molar-refractivity contribution in [2.75, 3.05) is 12.4 Å². The molecular formula is C19H16ClN3O4S. The molecule has 3 rings (SSSR count). The van der Waals surface area contributed by atoms with Crippen molar-refractivity contribution in [2.24, 2.45) is 0 Å². The van der Waals surface area contributed by atoms with Crippen molar-refractivity contribution in [3.8, 4) is 5.75 Å². The van der Waals surface area contributed by atoms with E-state index < -0.39 is 5.97 Å². The predicted octanol–water partition coefficient (Wildman–Crippen LogP) is 3.74. The number of ether oxygens (including phenoxy) is 2. The Labute approximate surface area is 170 Å². The van der Waals surface area contributed by atoms with Gasteiger partial charge in [0.2, 0.25) is 5.91 Å². The SMILES string of the molecule is COc1ccccc1NC(=O)Cc1nc(COC(=O)c2ccnc(Cl)c2)cs1. The van der Waals surface area contributed by atoms with Crippen LogP contribution in [0.25, 0.3) is 0 Å². The quantitative estimate of drug-likeness (QED) is 0.465. The topological polar surface area (TPSA) is 90.4 Å². The van der Waals surface area contributed by atoms with Gasteiger partial charge in [0.15, 0.2) is 0 Å². The van der Waals surface area contributed by atoms with Gasteiger partial charge in [0.1, 0.15) is 22.5 Å². The molecule has 9 heteroatoms. The van der Waals surface area contributed by atoms with Gasteiger partial charge < -0.3 is 14.8 Å². The number of benzene rings is 1. The molecule has 3 aromatic rings. The van der Waals surface area contributed by atoms with Crippen molar-refractivity contribution in [2.45, 2.75) is 13.0 Å². The van der Waals surface area contributed by atoms with E-state index in [1.807, 2.05) is 12.1 Å². The number of carbonyl (C=O) groups excluding carboxylic acids is 2. The average molecular weight is 418 g/mol. The number of hydrogen-bond acceptors (Lipinski definition) is 7. The number of aromatic nitrogens is 2. The van der Waals surface area contributed by atoms with E-state index in [0.29, 0.717) is 27.7 Å². The van der Waals surface area contributed by atoms with E-state index in [1.165, 1.54) is 29.7 Å². The van der Waals surface area contributed by atoms with Gasteiger partial charge in [-0.2, -0.15) is 0 Å². The standard InChI is InChI=1S/C19H16ClN3O4S/c1-26-15-5-3-2-4-14(15)23-17(24)9-18-22-13(11-28-18)10-27-19(25)12-6-7-21-16(20)8-12/h2-8,11H,9-10H2,1H3,(H,23,24). The Balaban J connectivity index is 1.54. The van der Waals surface area contributed by atoms with Crippen LogP contribution in [0.3, 0.4) is 0 Å². The lowest BCUT2D eigenvalue weighted by Crippen LogP contribution is -2.15. The molecule has 2 heterocycles. The van der Waals surface area contributed by atoms with E-state index in [1.54, 1.807) is 24.6 Å². The Bertz CT molecular complexity index is 993. The maximum absolute atomic E-state index is 12.2. The number of para-hydroxylation sites is 2.